The zero-order chi connectivity index (χ0) is 17.2. The van der Waals surface area contributed by atoms with E-state index in [1.54, 1.807) is 12.0 Å². The number of amides is 1. The Morgan fingerprint density at radius 2 is 1.75 bits per heavy atom. The first kappa shape index (κ1) is 16.1. The largest absolute Gasteiger partial charge is 0.497 e. The fourth-order valence-electron chi connectivity index (χ4n) is 3.11. The normalized spacial score (nSPS) is 19.6. The van der Waals surface area contributed by atoms with E-state index in [4.69, 9.17) is 9.47 Å². The van der Waals surface area contributed by atoms with Gasteiger partial charge in [-0.3, -0.25) is 4.79 Å². The van der Waals surface area contributed by atoms with Gasteiger partial charge in [0.2, 0.25) is 5.91 Å². The number of esters is 1. The van der Waals surface area contributed by atoms with Crippen molar-refractivity contribution in [1.82, 2.24) is 4.90 Å². The van der Waals surface area contributed by atoms with Crippen LogP contribution in [0.15, 0.2) is 54.6 Å². The van der Waals surface area contributed by atoms with E-state index in [2.05, 4.69) is 0 Å². The smallest absolute Gasteiger partial charge is 0.337 e. The maximum atomic E-state index is 12.5. The monoisotopic (exact) mass is 325 g/mol. The van der Waals surface area contributed by atoms with Gasteiger partial charge in [0.1, 0.15) is 5.75 Å². The molecule has 1 saturated heterocycles. The molecule has 1 aliphatic heterocycles. The first-order valence-electron chi connectivity index (χ1n) is 7.69. The summed E-state index contributed by atoms with van der Waals surface area (Å²) in [6, 6.07) is 16.7. The highest BCUT2D eigenvalue weighted by molar-refractivity contribution is 5.99. The molecule has 5 nitrogen and oxygen atoms in total. The van der Waals surface area contributed by atoms with Crippen molar-refractivity contribution in [1.29, 1.82) is 0 Å². The zero-order valence-electron chi connectivity index (χ0n) is 13.7. The van der Waals surface area contributed by atoms with E-state index in [0.717, 1.165) is 16.9 Å². The summed E-state index contributed by atoms with van der Waals surface area (Å²) < 4.78 is 10.2. The average Bonchev–Trinajstić information content (AvgIpc) is 2.64. The van der Waals surface area contributed by atoms with E-state index in [0.29, 0.717) is 6.54 Å². The lowest BCUT2D eigenvalue weighted by Gasteiger charge is -2.49. The second kappa shape index (κ2) is 6.35. The number of benzene rings is 2. The lowest BCUT2D eigenvalue weighted by Crippen LogP contribution is -2.65. The van der Waals surface area contributed by atoms with Gasteiger partial charge in [-0.1, -0.05) is 42.5 Å². The third kappa shape index (κ3) is 2.52. The highest BCUT2D eigenvalue weighted by atomic mass is 16.5. The first-order valence-corrected chi connectivity index (χ1v) is 7.69. The molecule has 0 saturated carbocycles. The molecule has 0 aromatic heterocycles. The number of β-lactam (4-membered cyclic amide) rings is 1. The minimum absolute atomic E-state index is 0.0694. The number of methoxy groups -OCH3 is 2. The standard InChI is InChI=1S/C19H19NO4/c1-23-16-10-8-14(9-11-16)13-20-17(21)12-19(20,18(22)24-2)15-6-4-3-5-7-15/h3-11H,12-13H2,1-2H3/t19-/m0/s1. The molecule has 1 aliphatic rings. The highest BCUT2D eigenvalue weighted by Gasteiger charge is 2.58. The molecule has 0 N–H and O–H groups in total. The van der Waals surface area contributed by atoms with E-state index in [9.17, 15) is 9.59 Å². The Balaban J connectivity index is 1.94. The molecular weight excluding hydrogens is 306 g/mol. The molecule has 0 unspecified atom stereocenters. The second-order valence-electron chi connectivity index (χ2n) is 5.72. The van der Waals surface area contributed by atoms with Crippen LogP contribution >= 0.6 is 0 Å². The van der Waals surface area contributed by atoms with E-state index >= 15 is 0 Å². The number of carbonyl (C=O) groups excluding carboxylic acids is 2. The fraction of sp³-hybridized carbons (Fsp3) is 0.263. The summed E-state index contributed by atoms with van der Waals surface area (Å²) in [5.74, 6) is 0.262. The SMILES string of the molecule is COC(=O)[C@@]1(c2ccccc2)CC(=O)N1Cc1ccc(OC)cc1. The van der Waals surface area contributed by atoms with Crippen LogP contribution in [-0.4, -0.2) is 31.0 Å². The van der Waals surface area contributed by atoms with Crippen LogP contribution in [-0.2, 0) is 26.4 Å². The predicted molar refractivity (Wildman–Crippen MR) is 88.3 cm³/mol. The van der Waals surface area contributed by atoms with Crippen LogP contribution in [0.2, 0.25) is 0 Å². The van der Waals surface area contributed by atoms with Crippen molar-refractivity contribution in [2.45, 2.75) is 18.5 Å². The number of likely N-dealkylation sites (tertiary alicyclic amines) is 1. The van der Waals surface area contributed by atoms with Crippen LogP contribution in [0, 0.1) is 0 Å². The first-order chi connectivity index (χ1) is 11.6. The molecule has 124 valence electrons. The minimum Gasteiger partial charge on any atom is -0.497 e. The molecule has 2 aromatic rings. The van der Waals surface area contributed by atoms with Gasteiger partial charge in [-0.15, -0.1) is 0 Å². The number of ether oxygens (including phenoxy) is 2. The minimum atomic E-state index is -1.05. The lowest BCUT2D eigenvalue weighted by atomic mass is 9.77. The van der Waals surface area contributed by atoms with Crippen molar-refractivity contribution in [3.8, 4) is 5.75 Å². The van der Waals surface area contributed by atoms with Gasteiger partial charge in [0, 0.05) is 6.54 Å². The van der Waals surface area contributed by atoms with Gasteiger partial charge in [-0.05, 0) is 23.3 Å². The van der Waals surface area contributed by atoms with Gasteiger partial charge in [0.25, 0.3) is 0 Å². The molecule has 5 heteroatoms. The third-order valence-electron chi connectivity index (χ3n) is 4.44. The Hall–Kier alpha value is -2.82. The van der Waals surface area contributed by atoms with E-state index in [1.165, 1.54) is 7.11 Å². The highest BCUT2D eigenvalue weighted by Crippen LogP contribution is 2.43. The number of hydrogen-bond donors (Lipinski definition) is 0. The topological polar surface area (TPSA) is 55.8 Å². The number of rotatable bonds is 5. The Kier molecular flexibility index (Phi) is 4.25. The third-order valence-corrected chi connectivity index (χ3v) is 4.44. The zero-order valence-corrected chi connectivity index (χ0v) is 13.7. The van der Waals surface area contributed by atoms with Gasteiger partial charge >= 0.3 is 5.97 Å². The van der Waals surface area contributed by atoms with Crippen LogP contribution in [0.25, 0.3) is 0 Å². The molecule has 2 aromatic carbocycles. The van der Waals surface area contributed by atoms with Crippen LogP contribution in [0.1, 0.15) is 17.5 Å². The summed E-state index contributed by atoms with van der Waals surface area (Å²) >= 11 is 0. The second-order valence-corrected chi connectivity index (χ2v) is 5.72. The molecule has 0 aliphatic carbocycles. The summed E-state index contributed by atoms with van der Waals surface area (Å²) in [4.78, 5) is 26.4. The molecule has 1 fully saturated rings. The van der Waals surface area contributed by atoms with Gasteiger partial charge < -0.3 is 14.4 Å². The molecule has 0 radical (unpaired) electrons. The van der Waals surface area contributed by atoms with Gasteiger partial charge in [0.15, 0.2) is 5.54 Å². The summed E-state index contributed by atoms with van der Waals surface area (Å²) in [5.41, 5.74) is 0.644. The van der Waals surface area contributed by atoms with Crippen LogP contribution in [0.3, 0.4) is 0 Å². The van der Waals surface area contributed by atoms with E-state index in [-0.39, 0.29) is 12.3 Å². The van der Waals surface area contributed by atoms with Crippen molar-refractivity contribution < 1.29 is 19.1 Å². The molecule has 0 bridgehead atoms. The van der Waals surface area contributed by atoms with E-state index < -0.39 is 11.5 Å². The molecule has 1 amide bonds. The number of hydrogen-bond acceptors (Lipinski definition) is 4. The van der Waals surface area contributed by atoms with Gasteiger partial charge in [0.05, 0.1) is 20.6 Å². The van der Waals surface area contributed by atoms with Crippen molar-refractivity contribution in [3.63, 3.8) is 0 Å². The van der Waals surface area contributed by atoms with Crippen molar-refractivity contribution in [2.75, 3.05) is 14.2 Å². The molecule has 1 atom stereocenters. The van der Waals surface area contributed by atoms with Crippen LogP contribution in [0.5, 0.6) is 5.75 Å². The molecule has 1 heterocycles. The fourth-order valence-corrected chi connectivity index (χ4v) is 3.11. The molecule has 3 rings (SSSR count). The quantitative estimate of drug-likeness (QED) is 0.626. The van der Waals surface area contributed by atoms with Gasteiger partial charge in [-0.25, -0.2) is 4.79 Å². The maximum absolute atomic E-state index is 12.5. The van der Waals surface area contributed by atoms with Crippen molar-refractivity contribution in [3.05, 3.63) is 65.7 Å². The van der Waals surface area contributed by atoms with Crippen LogP contribution in [0.4, 0.5) is 0 Å². The Morgan fingerprint density at radius 1 is 1.08 bits per heavy atom. The Labute approximate surface area is 140 Å². The van der Waals surface area contributed by atoms with Crippen molar-refractivity contribution >= 4 is 11.9 Å². The molecule has 0 spiro atoms. The average molecular weight is 325 g/mol. The summed E-state index contributed by atoms with van der Waals surface area (Å²) in [6.07, 6.45) is 0.125. The molecule has 24 heavy (non-hydrogen) atoms. The van der Waals surface area contributed by atoms with E-state index in [1.807, 2.05) is 54.6 Å². The van der Waals surface area contributed by atoms with Crippen molar-refractivity contribution in [2.24, 2.45) is 0 Å². The summed E-state index contributed by atoms with van der Waals surface area (Å²) in [7, 11) is 2.95. The number of nitrogens with zero attached hydrogens (tertiary/aromatic N) is 1. The van der Waals surface area contributed by atoms with Gasteiger partial charge in [-0.2, -0.15) is 0 Å². The summed E-state index contributed by atoms with van der Waals surface area (Å²) in [6.45, 7) is 0.340. The maximum Gasteiger partial charge on any atom is 0.337 e. The predicted octanol–water partition coefficient (Wildman–Crippen LogP) is 2.50. The lowest BCUT2D eigenvalue weighted by molar-refractivity contribution is -0.181. The van der Waals surface area contributed by atoms with Crippen LogP contribution < -0.4 is 4.74 Å². The Bertz CT molecular complexity index is 742. The molecular formula is C19H19NO4. The number of carbonyl (C=O) groups is 2. The Morgan fingerprint density at radius 3 is 2.29 bits per heavy atom. The summed E-state index contributed by atoms with van der Waals surface area (Å²) in [5, 5.41) is 0.